The number of carbonyl (C=O) groups excluding carboxylic acids is 2. The molecule has 116 valence electrons. The van der Waals surface area contributed by atoms with Gasteiger partial charge in [0, 0.05) is 11.1 Å². The lowest BCUT2D eigenvalue weighted by molar-refractivity contribution is 0.0684. The molecule has 0 fully saturated rings. The van der Waals surface area contributed by atoms with E-state index in [0.29, 0.717) is 0 Å². The van der Waals surface area contributed by atoms with Crippen molar-refractivity contribution in [1.82, 2.24) is 0 Å². The number of rotatable bonds is 4. The highest BCUT2D eigenvalue weighted by atomic mass is 32.2. The van der Waals surface area contributed by atoms with Gasteiger partial charge in [0.25, 0.3) is 0 Å². The Morgan fingerprint density at radius 2 is 0.913 bits per heavy atom. The van der Waals surface area contributed by atoms with Crippen molar-refractivity contribution in [2.24, 2.45) is 0 Å². The first-order valence-electron chi connectivity index (χ1n) is 6.33. The quantitative estimate of drug-likeness (QED) is 0.887. The SMILES string of the molecule is O=C(O)c1ccccc1C(=O)SC(=O)c1ccccc1C(=O)O. The zero-order chi connectivity index (χ0) is 17.0. The summed E-state index contributed by atoms with van der Waals surface area (Å²) >= 11 is 0.264. The second-order valence-electron chi connectivity index (χ2n) is 4.38. The van der Waals surface area contributed by atoms with Crippen LogP contribution in [0.15, 0.2) is 48.5 Å². The van der Waals surface area contributed by atoms with Crippen molar-refractivity contribution in [2.45, 2.75) is 0 Å². The summed E-state index contributed by atoms with van der Waals surface area (Å²) in [5, 5.41) is 16.6. The van der Waals surface area contributed by atoms with Crippen LogP contribution >= 0.6 is 11.8 Å². The van der Waals surface area contributed by atoms with Gasteiger partial charge in [-0.3, -0.25) is 9.59 Å². The Bertz CT molecular complexity index is 744. The van der Waals surface area contributed by atoms with Crippen molar-refractivity contribution in [3.63, 3.8) is 0 Å². The van der Waals surface area contributed by atoms with Gasteiger partial charge in [-0.2, -0.15) is 0 Å². The van der Waals surface area contributed by atoms with Gasteiger partial charge in [-0.05, 0) is 36.0 Å². The van der Waals surface area contributed by atoms with Crippen LogP contribution in [0.1, 0.15) is 41.4 Å². The van der Waals surface area contributed by atoms with Crippen LogP contribution in [0.2, 0.25) is 0 Å². The second kappa shape index (κ2) is 6.89. The summed E-state index contributed by atoms with van der Waals surface area (Å²) in [5.41, 5.74) is -0.675. The third kappa shape index (κ3) is 3.64. The van der Waals surface area contributed by atoms with Gasteiger partial charge in [0.2, 0.25) is 10.2 Å². The van der Waals surface area contributed by atoms with Crippen molar-refractivity contribution in [3.05, 3.63) is 70.8 Å². The van der Waals surface area contributed by atoms with Crippen LogP contribution in [-0.2, 0) is 0 Å². The number of carboxylic acid groups (broad SMARTS) is 2. The van der Waals surface area contributed by atoms with E-state index in [-0.39, 0.29) is 34.0 Å². The fourth-order valence-corrected chi connectivity index (χ4v) is 2.63. The lowest BCUT2D eigenvalue weighted by Gasteiger charge is -2.06. The first-order chi connectivity index (χ1) is 10.9. The van der Waals surface area contributed by atoms with Crippen LogP contribution in [0.3, 0.4) is 0 Å². The maximum atomic E-state index is 12.2. The first-order valence-corrected chi connectivity index (χ1v) is 7.14. The summed E-state index contributed by atoms with van der Waals surface area (Å²) in [6, 6.07) is 11.0. The highest BCUT2D eigenvalue weighted by Gasteiger charge is 2.23. The molecule has 2 aromatic rings. The molecule has 0 spiro atoms. The maximum absolute atomic E-state index is 12.2. The van der Waals surface area contributed by atoms with Gasteiger partial charge < -0.3 is 10.2 Å². The molecule has 0 aliphatic heterocycles. The summed E-state index contributed by atoms with van der Waals surface area (Å²) < 4.78 is 0. The zero-order valence-electron chi connectivity index (χ0n) is 11.6. The molecule has 7 heteroatoms. The van der Waals surface area contributed by atoms with Crippen molar-refractivity contribution in [1.29, 1.82) is 0 Å². The van der Waals surface area contributed by atoms with E-state index in [2.05, 4.69) is 0 Å². The van der Waals surface area contributed by atoms with Crippen molar-refractivity contribution in [3.8, 4) is 0 Å². The van der Waals surface area contributed by atoms with Gasteiger partial charge in [-0.15, -0.1) is 0 Å². The van der Waals surface area contributed by atoms with Gasteiger partial charge in [0.15, 0.2) is 0 Å². The van der Waals surface area contributed by atoms with Crippen LogP contribution in [0.25, 0.3) is 0 Å². The molecule has 0 saturated heterocycles. The molecule has 0 heterocycles. The fourth-order valence-electron chi connectivity index (χ4n) is 1.89. The van der Waals surface area contributed by atoms with E-state index in [1.165, 1.54) is 48.5 Å². The van der Waals surface area contributed by atoms with Crippen molar-refractivity contribution < 1.29 is 29.4 Å². The largest absolute Gasteiger partial charge is 0.478 e. The first kappa shape index (κ1) is 16.4. The minimum absolute atomic E-state index is 0.119. The number of benzene rings is 2. The van der Waals surface area contributed by atoms with Crippen LogP contribution in [0, 0.1) is 0 Å². The molecule has 0 amide bonds. The fraction of sp³-hybridized carbons (Fsp3) is 0. The lowest BCUT2D eigenvalue weighted by Crippen LogP contribution is -2.10. The monoisotopic (exact) mass is 330 g/mol. The molecule has 2 rings (SSSR count). The van der Waals surface area contributed by atoms with E-state index in [1.807, 2.05) is 0 Å². The summed E-state index contributed by atoms with van der Waals surface area (Å²) in [6.07, 6.45) is 0. The molecule has 2 N–H and O–H groups in total. The lowest BCUT2D eigenvalue weighted by atomic mass is 10.1. The van der Waals surface area contributed by atoms with Crippen LogP contribution in [-0.4, -0.2) is 32.4 Å². The summed E-state index contributed by atoms with van der Waals surface area (Å²) in [7, 11) is 0. The van der Waals surface area contributed by atoms with E-state index in [0.717, 1.165) is 0 Å². The van der Waals surface area contributed by atoms with Gasteiger partial charge >= 0.3 is 11.9 Å². The van der Waals surface area contributed by atoms with Crippen LogP contribution in [0.4, 0.5) is 0 Å². The predicted molar refractivity (Wildman–Crippen MR) is 83.1 cm³/mol. The highest BCUT2D eigenvalue weighted by molar-refractivity contribution is 8.27. The minimum Gasteiger partial charge on any atom is -0.478 e. The zero-order valence-corrected chi connectivity index (χ0v) is 12.4. The van der Waals surface area contributed by atoms with E-state index in [1.54, 1.807) is 0 Å². The van der Waals surface area contributed by atoms with Gasteiger partial charge in [-0.25, -0.2) is 9.59 Å². The Balaban J connectivity index is 2.30. The number of hydrogen-bond acceptors (Lipinski definition) is 5. The average molecular weight is 330 g/mol. The third-order valence-corrected chi connectivity index (χ3v) is 3.75. The number of carboxylic acids is 2. The Morgan fingerprint density at radius 1 is 0.609 bits per heavy atom. The molecule has 2 aromatic carbocycles. The Hall–Kier alpha value is -2.93. The number of carbonyl (C=O) groups is 4. The minimum atomic E-state index is -1.28. The summed E-state index contributed by atoms with van der Waals surface area (Å²) in [5.74, 6) is -2.57. The van der Waals surface area contributed by atoms with Gasteiger partial charge in [0.1, 0.15) is 0 Å². The molecular formula is C16H10O6S. The van der Waals surface area contributed by atoms with Crippen LogP contribution in [0.5, 0.6) is 0 Å². The molecular weight excluding hydrogens is 320 g/mol. The molecule has 0 aliphatic carbocycles. The Morgan fingerprint density at radius 3 is 1.22 bits per heavy atom. The van der Waals surface area contributed by atoms with Gasteiger partial charge in [0.05, 0.1) is 11.1 Å². The molecule has 23 heavy (non-hydrogen) atoms. The van der Waals surface area contributed by atoms with Crippen molar-refractivity contribution >= 4 is 33.9 Å². The molecule has 0 aliphatic rings. The number of aromatic carboxylic acids is 2. The average Bonchev–Trinajstić information content (AvgIpc) is 2.54. The topological polar surface area (TPSA) is 109 Å². The third-order valence-electron chi connectivity index (χ3n) is 2.94. The van der Waals surface area contributed by atoms with Crippen molar-refractivity contribution in [2.75, 3.05) is 0 Å². The molecule has 0 saturated carbocycles. The molecule has 0 atom stereocenters. The standard InChI is InChI=1S/C16H10O6S/c17-13(18)9-5-1-3-7-11(9)15(21)23-16(22)12-8-4-2-6-10(12)14(19)20/h1-8H,(H,17,18)(H,19,20). The molecule has 0 bridgehead atoms. The second-order valence-corrected chi connectivity index (χ2v) is 5.32. The highest BCUT2D eigenvalue weighted by Crippen LogP contribution is 2.22. The number of thioether (sulfide) groups is 1. The van der Waals surface area contributed by atoms with E-state index in [4.69, 9.17) is 10.2 Å². The molecule has 6 nitrogen and oxygen atoms in total. The predicted octanol–water partition coefficient (Wildman–Crippen LogP) is 2.80. The van der Waals surface area contributed by atoms with E-state index in [9.17, 15) is 19.2 Å². The smallest absolute Gasteiger partial charge is 0.336 e. The molecule has 0 radical (unpaired) electrons. The Kier molecular flexibility index (Phi) is 4.92. The molecule has 0 aromatic heterocycles. The van der Waals surface area contributed by atoms with E-state index >= 15 is 0 Å². The van der Waals surface area contributed by atoms with Gasteiger partial charge in [-0.1, -0.05) is 24.3 Å². The van der Waals surface area contributed by atoms with Crippen LogP contribution < -0.4 is 0 Å². The molecule has 0 unspecified atom stereocenters. The Labute approximate surface area is 134 Å². The summed E-state index contributed by atoms with van der Waals surface area (Å²) in [6.45, 7) is 0. The van der Waals surface area contributed by atoms with E-state index < -0.39 is 22.2 Å². The number of hydrogen-bond donors (Lipinski definition) is 2. The summed E-state index contributed by atoms with van der Waals surface area (Å²) in [4.78, 5) is 46.5. The normalized spacial score (nSPS) is 10.1. The maximum Gasteiger partial charge on any atom is 0.336 e.